The van der Waals surface area contributed by atoms with E-state index in [1.54, 1.807) is 0 Å². The van der Waals surface area contributed by atoms with Crippen LogP contribution in [0.5, 0.6) is 0 Å². The molecule has 5 nitrogen and oxygen atoms in total. The van der Waals surface area contributed by atoms with Crippen molar-refractivity contribution in [3.8, 4) is 0 Å². The monoisotopic (exact) mass is 394 g/mol. The molecule has 162 valence electrons. The fourth-order valence-corrected chi connectivity index (χ4v) is 6.14. The minimum Gasteiger partial charge on any atom is -0.390 e. The third-order valence-electron chi connectivity index (χ3n) is 7.93. The van der Waals surface area contributed by atoms with Crippen LogP contribution in [-0.2, 0) is 9.47 Å². The highest BCUT2D eigenvalue weighted by molar-refractivity contribution is 4.83. The van der Waals surface area contributed by atoms with Gasteiger partial charge in [-0.2, -0.15) is 0 Å². The molecule has 4 aliphatic rings. The lowest BCUT2D eigenvalue weighted by molar-refractivity contribution is -0.00209. The van der Waals surface area contributed by atoms with E-state index in [2.05, 4.69) is 9.80 Å². The van der Waals surface area contributed by atoms with Crippen LogP contribution < -0.4 is 0 Å². The Morgan fingerprint density at radius 1 is 0.643 bits per heavy atom. The van der Waals surface area contributed by atoms with E-state index in [0.29, 0.717) is 0 Å². The molecule has 0 amide bonds. The van der Waals surface area contributed by atoms with Crippen molar-refractivity contribution in [2.45, 2.75) is 57.5 Å². The fourth-order valence-electron chi connectivity index (χ4n) is 6.14. The summed E-state index contributed by atoms with van der Waals surface area (Å²) in [4.78, 5) is 4.99. The van der Waals surface area contributed by atoms with E-state index in [1.807, 2.05) is 0 Å². The summed E-state index contributed by atoms with van der Waals surface area (Å²) >= 11 is 0. The van der Waals surface area contributed by atoms with Gasteiger partial charge in [0, 0.05) is 39.5 Å². The molecular weight excluding hydrogens is 352 g/mol. The van der Waals surface area contributed by atoms with Crippen LogP contribution in [0.2, 0.25) is 0 Å². The Balaban J connectivity index is 1.11. The predicted octanol–water partition coefficient (Wildman–Crippen LogP) is 2.62. The van der Waals surface area contributed by atoms with Crippen LogP contribution in [0.4, 0.5) is 0 Å². The largest absolute Gasteiger partial charge is 0.390 e. The molecule has 5 heteroatoms. The quantitative estimate of drug-likeness (QED) is 0.750. The van der Waals surface area contributed by atoms with Crippen LogP contribution >= 0.6 is 0 Å². The first-order valence-corrected chi connectivity index (χ1v) is 12.1. The molecule has 4 heterocycles. The van der Waals surface area contributed by atoms with Crippen LogP contribution in [0.1, 0.15) is 51.4 Å². The standard InChI is InChI=1S/C23H42N2O3/c26-23(15-24-9-5-19(6-10-24)21-3-1-13-27-17-21)16-25-11-7-20(8-12-25)22-4-2-14-28-18-22/h19-23,26H,1-18H2. The molecule has 0 radical (unpaired) electrons. The van der Waals surface area contributed by atoms with Gasteiger partial charge in [-0.1, -0.05) is 0 Å². The van der Waals surface area contributed by atoms with Crippen molar-refractivity contribution in [2.75, 3.05) is 65.7 Å². The SMILES string of the molecule is OC(CN1CCC(C2CCCOC2)CC1)CN1CCC(C2CCCOC2)CC1. The fraction of sp³-hybridized carbons (Fsp3) is 1.00. The van der Waals surface area contributed by atoms with Crippen molar-refractivity contribution >= 4 is 0 Å². The van der Waals surface area contributed by atoms with E-state index in [-0.39, 0.29) is 6.10 Å². The Kier molecular flexibility index (Phi) is 8.06. The van der Waals surface area contributed by atoms with Gasteiger partial charge in [0.2, 0.25) is 0 Å². The minimum atomic E-state index is -0.205. The number of likely N-dealkylation sites (tertiary alicyclic amines) is 2. The third-order valence-corrected chi connectivity index (χ3v) is 7.93. The van der Waals surface area contributed by atoms with Gasteiger partial charge in [0.15, 0.2) is 0 Å². The Morgan fingerprint density at radius 3 is 1.43 bits per heavy atom. The molecule has 28 heavy (non-hydrogen) atoms. The van der Waals surface area contributed by atoms with Crippen LogP contribution in [0.15, 0.2) is 0 Å². The number of rotatable bonds is 6. The molecule has 0 spiro atoms. The van der Waals surface area contributed by atoms with Gasteiger partial charge in [0.05, 0.1) is 6.10 Å². The molecule has 4 fully saturated rings. The molecule has 4 aliphatic heterocycles. The van der Waals surface area contributed by atoms with Crippen molar-refractivity contribution in [1.82, 2.24) is 9.80 Å². The first-order valence-electron chi connectivity index (χ1n) is 12.1. The van der Waals surface area contributed by atoms with E-state index in [0.717, 1.165) is 89.4 Å². The number of hydrogen-bond donors (Lipinski definition) is 1. The van der Waals surface area contributed by atoms with Crippen LogP contribution in [-0.4, -0.2) is 86.7 Å². The number of nitrogens with zero attached hydrogens (tertiary/aromatic N) is 2. The molecule has 4 saturated heterocycles. The zero-order valence-corrected chi connectivity index (χ0v) is 17.8. The molecule has 0 saturated carbocycles. The number of hydrogen-bond acceptors (Lipinski definition) is 5. The molecule has 1 N–H and O–H groups in total. The molecule has 2 atom stereocenters. The molecule has 2 unspecified atom stereocenters. The van der Waals surface area contributed by atoms with E-state index in [4.69, 9.17) is 9.47 Å². The second kappa shape index (κ2) is 10.7. The third kappa shape index (κ3) is 5.91. The second-order valence-electron chi connectivity index (χ2n) is 9.88. The molecule has 4 rings (SSSR count). The number of aliphatic hydroxyl groups excluding tert-OH is 1. The maximum Gasteiger partial charge on any atom is 0.0793 e. The highest BCUT2D eigenvalue weighted by atomic mass is 16.5. The molecular formula is C23H42N2O3. The summed E-state index contributed by atoms with van der Waals surface area (Å²) in [6.45, 7) is 10.2. The molecule has 0 aliphatic carbocycles. The molecule has 0 aromatic rings. The predicted molar refractivity (Wildman–Crippen MR) is 111 cm³/mol. The summed E-state index contributed by atoms with van der Waals surface area (Å²) in [7, 11) is 0. The summed E-state index contributed by atoms with van der Waals surface area (Å²) < 4.78 is 11.4. The summed E-state index contributed by atoms with van der Waals surface area (Å²) in [5.41, 5.74) is 0. The topological polar surface area (TPSA) is 45.2 Å². The summed E-state index contributed by atoms with van der Waals surface area (Å²) in [5, 5.41) is 10.7. The van der Waals surface area contributed by atoms with E-state index >= 15 is 0 Å². The maximum atomic E-state index is 10.7. The Hall–Kier alpha value is -0.200. The van der Waals surface area contributed by atoms with Crippen molar-refractivity contribution < 1.29 is 14.6 Å². The highest BCUT2D eigenvalue weighted by Gasteiger charge is 2.31. The number of aliphatic hydroxyl groups is 1. The van der Waals surface area contributed by atoms with Gasteiger partial charge >= 0.3 is 0 Å². The average molecular weight is 395 g/mol. The molecule has 0 aromatic carbocycles. The minimum absolute atomic E-state index is 0.205. The average Bonchev–Trinajstić information content (AvgIpc) is 2.76. The van der Waals surface area contributed by atoms with Gasteiger partial charge in [-0.25, -0.2) is 0 Å². The van der Waals surface area contributed by atoms with Crippen molar-refractivity contribution in [3.63, 3.8) is 0 Å². The van der Waals surface area contributed by atoms with Crippen LogP contribution in [0.25, 0.3) is 0 Å². The maximum absolute atomic E-state index is 10.7. The Labute approximate surface area is 171 Å². The van der Waals surface area contributed by atoms with E-state index in [9.17, 15) is 5.11 Å². The summed E-state index contributed by atoms with van der Waals surface area (Å²) in [6.07, 6.45) is 10.1. The van der Waals surface area contributed by atoms with Gasteiger partial charge < -0.3 is 24.4 Å². The normalized spacial score (nSPS) is 33.8. The smallest absolute Gasteiger partial charge is 0.0793 e. The highest BCUT2D eigenvalue weighted by Crippen LogP contribution is 2.32. The second-order valence-corrected chi connectivity index (χ2v) is 9.88. The van der Waals surface area contributed by atoms with Gasteiger partial charge in [-0.05, 0) is 101 Å². The lowest BCUT2D eigenvalue weighted by Crippen LogP contribution is -2.46. The number of piperidine rings is 2. The van der Waals surface area contributed by atoms with Crippen molar-refractivity contribution in [2.24, 2.45) is 23.7 Å². The number of β-amino-alcohol motifs (C(OH)–C–C–N with tert-alkyl or cyclic N) is 1. The van der Waals surface area contributed by atoms with Crippen LogP contribution in [0.3, 0.4) is 0 Å². The van der Waals surface area contributed by atoms with Gasteiger partial charge in [0.1, 0.15) is 0 Å². The van der Waals surface area contributed by atoms with Crippen molar-refractivity contribution in [1.29, 1.82) is 0 Å². The van der Waals surface area contributed by atoms with E-state index < -0.39 is 0 Å². The lowest BCUT2D eigenvalue weighted by atomic mass is 9.81. The van der Waals surface area contributed by atoms with Crippen molar-refractivity contribution in [3.05, 3.63) is 0 Å². The summed E-state index contributed by atoms with van der Waals surface area (Å²) in [5.74, 6) is 3.27. The Morgan fingerprint density at radius 2 is 1.07 bits per heavy atom. The number of ether oxygens (including phenoxy) is 2. The summed E-state index contributed by atoms with van der Waals surface area (Å²) in [6, 6.07) is 0. The Bertz CT molecular complexity index is 395. The molecule has 0 bridgehead atoms. The zero-order chi connectivity index (χ0) is 19.2. The first-order chi connectivity index (χ1) is 13.8. The van der Waals surface area contributed by atoms with Crippen LogP contribution in [0, 0.1) is 23.7 Å². The molecule has 0 aromatic heterocycles. The zero-order valence-electron chi connectivity index (χ0n) is 17.8. The first kappa shape index (κ1) is 21.0. The van der Waals surface area contributed by atoms with Gasteiger partial charge in [-0.3, -0.25) is 0 Å². The van der Waals surface area contributed by atoms with E-state index in [1.165, 1.54) is 51.4 Å². The lowest BCUT2D eigenvalue weighted by Gasteiger charge is -2.40. The van der Waals surface area contributed by atoms with Gasteiger partial charge in [0.25, 0.3) is 0 Å². The van der Waals surface area contributed by atoms with Gasteiger partial charge in [-0.15, -0.1) is 0 Å².